The molecule has 1 atom stereocenters. The molecule has 0 saturated carbocycles. The first-order valence-electron chi connectivity index (χ1n) is 6.88. The number of aromatic nitrogens is 2. The van der Waals surface area contributed by atoms with E-state index >= 15 is 0 Å². The van der Waals surface area contributed by atoms with E-state index in [2.05, 4.69) is 20.9 Å². The SMILES string of the molecule is Cn1cc(Cl)c([C@@H]2NN=C(SCC(=O)Nc3cccc(Cl)c3)S2)n1. The van der Waals surface area contributed by atoms with E-state index in [1.165, 1.54) is 23.5 Å². The van der Waals surface area contributed by atoms with Gasteiger partial charge in [-0.1, -0.05) is 52.8 Å². The molecule has 24 heavy (non-hydrogen) atoms. The summed E-state index contributed by atoms with van der Waals surface area (Å²) in [5.74, 6) is 0.132. The van der Waals surface area contributed by atoms with Gasteiger partial charge in [-0.3, -0.25) is 14.9 Å². The lowest BCUT2D eigenvalue weighted by Crippen LogP contribution is -2.14. The smallest absolute Gasteiger partial charge is 0.234 e. The monoisotopic (exact) mass is 401 g/mol. The molecule has 1 aromatic carbocycles. The van der Waals surface area contributed by atoms with Crippen molar-refractivity contribution in [1.82, 2.24) is 15.2 Å². The molecule has 0 aliphatic carbocycles. The second kappa shape index (κ2) is 7.69. The summed E-state index contributed by atoms with van der Waals surface area (Å²) >= 11 is 14.9. The van der Waals surface area contributed by atoms with Gasteiger partial charge in [0.25, 0.3) is 0 Å². The summed E-state index contributed by atoms with van der Waals surface area (Å²) in [6.45, 7) is 0. The fourth-order valence-electron chi connectivity index (χ4n) is 1.99. The Morgan fingerprint density at radius 3 is 3.04 bits per heavy atom. The van der Waals surface area contributed by atoms with Crippen LogP contribution in [0.2, 0.25) is 10.0 Å². The summed E-state index contributed by atoms with van der Waals surface area (Å²) in [6, 6.07) is 7.03. The van der Waals surface area contributed by atoms with Crippen LogP contribution in [0.1, 0.15) is 11.1 Å². The van der Waals surface area contributed by atoms with Crippen LogP contribution in [-0.4, -0.2) is 25.8 Å². The van der Waals surface area contributed by atoms with Crippen molar-refractivity contribution in [3.63, 3.8) is 0 Å². The van der Waals surface area contributed by atoms with Crippen LogP contribution in [0.15, 0.2) is 35.6 Å². The lowest BCUT2D eigenvalue weighted by molar-refractivity contribution is -0.113. The molecule has 0 fully saturated rings. The quantitative estimate of drug-likeness (QED) is 0.816. The van der Waals surface area contributed by atoms with Gasteiger partial charge in [0, 0.05) is 24.0 Å². The van der Waals surface area contributed by atoms with Gasteiger partial charge in [0.1, 0.15) is 11.1 Å². The van der Waals surface area contributed by atoms with Crippen LogP contribution in [0, 0.1) is 0 Å². The van der Waals surface area contributed by atoms with Gasteiger partial charge in [-0.05, 0) is 18.2 Å². The highest BCUT2D eigenvalue weighted by Gasteiger charge is 2.26. The Morgan fingerprint density at radius 2 is 2.33 bits per heavy atom. The normalized spacial score (nSPS) is 16.6. The number of aryl methyl sites for hydroxylation is 1. The fourth-order valence-corrected chi connectivity index (χ4v) is 4.42. The Bertz CT molecular complexity index is 795. The second-order valence-corrected chi connectivity index (χ2v) is 8.05. The molecule has 2 heterocycles. The summed E-state index contributed by atoms with van der Waals surface area (Å²) in [5, 5.41) is 12.4. The maximum absolute atomic E-state index is 12.0. The van der Waals surface area contributed by atoms with Crippen molar-refractivity contribution >= 4 is 62.7 Å². The number of hydrogen-bond donors (Lipinski definition) is 2. The van der Waals surface area contributed by atoms with Crippen LogP contribution < -0.4 is 10.7 Å². The fraction of sp³-hybridized carbons (Fsp3) is 0.214. The average Bonchev–Trinajstić information content (AvgIpc) is 3.11. The number of rotatable bonds is 4. The number of amides is 1. The van der Waals surface area contributed by atoms with Crippen molar-refractivity contribution in [2.75, 3.05) is 11.1 Å². The first-order chi connectivity index (χ1) is 11.5. The third-order valence-corrected chi connectivity index (χ3v) is 5.76. The summed E-state index contributed by atoms with van der Waals surface area (Å²) in [4.78, 5) is 12.0. The third kappa shape index (κ3) is 4.38. The molecule has 10 heteroatoms. The van der Waals surface area contributed by atoms with E-state index in [0.29, 0.717) is 15.7 Å². The summed E-state index contributed by atoms with van der Waals surface area (Å²) in [5.41, 5.74) is 4.38. The molecule has 0 bridgehead atoms. The minimum atomic E-state index is -0.141. The Balaban J connectivity index is 1.49. The molecule has 0 spiro atoms. The van der Waals surface area contributed by atoms with Gasteiger partial charge in [-0.25, -0.2) is 0 Å². The zero-order chi connectivity index (χ0) is 17.1. The van der Waals surface area contributed by atoms with Gasteiger partial charge < -0.3 is 5.32 Å². The molecule has 2 N–H and O–H groups in total. The van der Waals surface area contributed by atoms with Crippen molar-refractivity contribution in [3.05, 3.63) is 46.2 Å². The average molecular weight is 402 g/mol. The standard InChI is InChI=1S/C14H13Cl2N5OS2/c1-21-6-10(16)12(20-21)13-18-19-14(24-13)23-7-11(22)17-9-4-2-3-8(15)5-9/h2-6,13,18H,7H2,1H3,(H,17,22)/t13-/m1/s1. The summed E-state index contributed by atoms with van der Waals surface area (Å²) < 4.78 is 2.42. The van der Waals surface area contributed by atoms with Crippen molar-refractivity contribution in [1.29, 1.82) is 0 Å². The van der Waals surface area contributed by atoms with E-state index in [0.717, 1.165) is 10.1 Å². The highest BCUT2D eigenvalue weighted by atomic mass is 35.5. The van der Waals surface area contributed by atoms with Crippen molar-refractivity contribution < 1.29 is 4.79 Å². The molecule has 1 aromatic heterocycles. The molecule has 1 aliphatic rings. The van der Waals surface area contributed by atoms with Gasteiger partial charge in [-0.15, -0.1) is 0 Å². The number of nitrogens with one attached hydrogen (secondary N) is 2. The Labute approximate surface area is 157 Å². The number of benzene rings is 1. The van der Waals surface area contributed by atoms with E-state index in [-0.39, 0.29) is 17.0 Å². The van der Waals surface area contributed by atoms with E-state index in [1.807, 2.05) is 7.05 Å². The van der Waals surface area contributed by atoms with E-state index in [1.54, 1.807) is 35.1 Å². The molecule has 1 amide bonds. The number of carbonyl (C=O) groups excluding carboxylic acids is 1. The van der Waals surface area contributed by atoms with Crippen LogP contribution >= 0.6 is 46.7 Å². The molecule has 0 unspecified atom stereocenters. The highest BCUT2D eigenvalue weighted by molar-refractivity contribution is 8.39. The van der Waals surface area contributed by atoms with Crippen LogP contribution in [0.4, 0.5) is 5.69 Å². The first-order valence-corrected chi connectivity index (χ1v) is 9.50. The third-order valence-electron chi connectivity index (χ3n) is 2.99. The molecular weight excluding hydrogens is 389 g/mol. The van der Waals surface area contributed by atoms with Gasteiger partial charge >= 0.3 is 0 Å². The summed E-state index contributed by atoms with van der Waals surface area (Å²) in [6.07, 6.45) is 1.74. The molecule has 1 aliphatic heterocycles. The predicted octanol–water partition coefficient (Wildman–Crippen LogP) is 3.70. The van der Waals surface area contributed by atoms with Crippen LogP contribution in [0.3, 0.4) is 0 Å². The topological polar surface area (TPSA) is 71.3 Å². The number of halogens is 2. The van der Waals surface area contributed by atoms with Gasteiger partial charge in [-0.2, -0.15) is 10.2 Å². The van der Waals surface area contributed by atoms with Crippen LogP contribution in [-0.2, 0) is 11.8 Å². The Morgan fingerprint density at radius 1 is 1.50 bits per heavy atom. The minimum Gasteiger partial charge on any atom is -0.325 e. The second-order valence-electron chi connectivity index (χ2n) is 4.89. The Kier molecular flexibility index (Phi) is 5.60. The maximum atomic E-state index is 12.0. The van der Waals surface area contributed by atoms with Gasteiger partial charge in [0.15, 0.2) is 4.38 Å². The highest BCUT2D eigenvalue weighted by Crippen LogP contribution is 2.37. The molecular formula is C14H13Cl2N5OS2. The van der Waals surface area contributed by atoms with E-state index in [4.69, 9.17) is 23.2 Å². The van der Waals surface area contributed by atoms with Gasteiger partial charge in [0.2, 0.25) is 5.91 Å². The van der Waals surface area contributed by atoms with Crippen molar-refractivity contribution in [2.24, 2.45) is 12.1 Å². The van der Waals surface area contributed by atoms with E-state index in [9.17, 15) is 4.79 Å². The molecule has 0 radical (unpaired) electrons. The predicted molar refractivity (Wildman–Crippen MR) is 102 cm³/mol. The number of carbonyl (C=O) groups is 1. The molecule has 2 aromatic rings. The minimum absolute atomic E-state index is 0.120. The molecule has 126 valence electrons. The summed E-state index contributed by atoms with van der Waals surface area (Å²) in [7, 11) is 1.81. The van der Waals surface area contributed by atoms with Gasteiger partial charge in [0.05, 0.1) is 10.8 Å². The lowest BCUT2D eigenvalue weighted by Gasteiger charge is -2.06. The number of thioether (sulfide) groups is 2. The lowest BCUT2D eigenvalue weighted by atomic mass is 10.3. The van der Waals surface area contributed by atoms with Crippen LogP contribution in [0.25, 0.3) is 0 Å². The largest absolute Gasteiger partial charge is 0.325 e. The zero-order valence-electron chi connectivity index (χ0n) is 12.5. The molecule has 0 saturated heterocycles. The van der Waals surface area contributed by atoms with Crippen LogP contribution in [0.5, 0.6) is 0 Å². The number of anilines is 1. The Hall–Kier alpha value is -1.35. The number of hydrazone groups is 1. The maximum Gasteiger partial charge on any atom is 0.234 e. The van der Waals surface area contributed by atoms with E-state index < -0.39 is 0 Å². The zero-order valence-corrected chi connectivity index (χ0v) is 15.6. The first kappa shape index (κ1) is 17.5. The van der Waals surface area contributed by atoms with Crippen molar-refractivity contribution in [2.45, 2.75) is 5.37 Å². The molecule has 6 nitrogen and oxygen atoms in total. The van der Waals surface area contributed by atoms with Crippen molar-refractivity contribution in [3.8, 4) is 0 Å². The molecule has 3 rings (SSSR count). The number of nitrogens with zero attached hydrogens (tertiary/aromatic N) is 3. The number of hydrogen-bond acceptors (Lipinski definition) is 6.